The molecule has 1 saturated heterocycles. The SMILES string of the molecule is O=c1[nH]nc(C2CCCN(c3ccc(S(=O)(=O)C(F)(F)F)cc3)C2)[nH]1. The number of piperidine rings is 1. The minimum Gasteiger partial charge on any atom is -0.371 e. The number of nitrogens with one attached hydrogen (secondary N) is 2. The Morgan fingerprint density at radius 3 is 2.44 bits per heavy atom. The first-order valence-electron chi connectivity index (χ1n) is 7.49. The van der Waals surface area contributed by atoms with E-state index in [4.69, 9.17) is 0 Å². The van der Waals surface area contributed by atoms with Gasteiger partial charge >= 0.3 is 11.2 Å². The fraction of sp³-hybridized carbons (Fsp3) is 0.429. The number of H-pyrrole nitrogens is 2. The predicted molar refractivity (Wildman–Crippen MR) is 83.1 cm³/mol. The summed E-state index contributed by atoms with van der Waals surface area (Å²) >= 11 is 0. The quantitative estimate of drug-likeness (QED) is 0.851. The van der Waals surface area contributed by atoms with Crippen LogP contribution >= 0.6 is 0 Å². The van der Waals surface area contributed by atoms with E-state index in [1.165, 1.54) is 12.1 Å². The highest BCUT2D eigenvalue weighted by atomic mass is 32.2. The first kappa shape index (κ1) is 17.5. The van der Waals surface area contributed by atoms with Gasteiger partial charge in [-0.3, -0.25) is 4.98 Å². The normalized spacial score (nSPS) is 19.2. The number of aromatic amines is 2. The van der Waals surface area contributed by atoms with Crippen LogP contribution in [-0.4, -0.2) is 42.2 Å². The smallest absolute Gasteiger partial charge is 0.371 e. The summed E-state index contributed by atoms with van der Waals surface area (Å²) in [7, 11) is -5.35. The molecule has 1 atom stereocenters. The zero-order valence-electron chi connectivity index (χ0n) is 12.9. The molecule has 1 aliphatic rings. The maximum atomic E-state index is 12.6. The lowest BCUT2D eigenvalue weighted by molar-refractivity contribution is -0.0436. The van der Waals surface area contributed by atoms with Crippen LogP contribution < -0.4 is 10.6 Å². The Kier molecular flexibility index (Phi) is 4.35. The van der Waals surface area contributed by atoms with E-state index in [9.17, 15) is 26.4 Å². The summed E-state index contributed by atoms with van der Waals surface area (Å²) in [6.07, 6.45) is 1.62. The van der Waals surface area contributed by atoms with E-state index in [1.54, 1.807) is 0 Å². The van der Waals surface area contributed by atoms with E-state index in [0.29, 0.717) is 24.6 Å². The second-order valence-corrected chi connectivity index (χ2v) is 7.73. The van der Waals surface area contributed by atoms with Crippen molar-refractivity contribution in [2.75, 3.05) is 18.0 Å². The van der Waals surface area contributed by atoms with Crippen LogP contribution in [0, 0.1) is 0 Å². The van der Waals surface area contributed by atoms with E-state index >= 15 is 0 Å². The van der Waals surface area contributed by atoms with E-state index in [-0.39, 0.29) is 5.92 Å². The molecule has 1 aromatic heterocycles. The Morgan fingerprint density at radius 1 is 1.20 bits per heavy atom. The van der Waals surface area contributed by atoms with Gasteiger partial charge in [-0.2, -0.15) is 18.3 Å². The van der Waals surface area contributed by atoms with Crippen LogP contribution in [0.3, 0.4) is 0 Å². The third kappa shape index (κ3) is 3.41. The second kappa shape index (κ2) is 6.21. The number of benzene rings is 1. The third-order valence-corrected chi connectivity index (χ3v) is 5.65. The summed E-state index contributed by atoms with van der Waals surface area (Å²) in [5.74, 6) is 0.511. The first-order chi connectivity index (χ1) is 11.7. The lowest BCUT2D eigenvalue weighted by atomic mass is 9.97. The highest BCUT2D eigenvalue weighted by Crippen LogP contribution is 2.32. The van der Waals surface area contributed by atoms with Crippen LogP contribution in [0.2, 0.25) is 0 Å². The van der Waals surface area contributed by atoms with E-state index < -0.39 is 25.9 Å². The van der Waals surface area contributed by atoms with E-state index in [1.807, 2.05) is 4.90 Å². The second-order valence-electron chi connectivity index (χ2n) is 5.79. The molecule has 1 unspecified atom stereocenters. The van der Waals surface area contributed by atoms with Crippen molar-refractivity contribution >= 4 is 15.5 Å². The number of hydrogen-bond donors (Lipinski definition) is 2. The zero-order valence-corrected chi connectivity index (χ0v) is 13.7. The molecule has 2 aromatic rings. The largest absolute Gasteiger partial charge is 0.501 e. The van der Waals surface area contributed by atoms with Crippen molar-refractivity contribution in [2.45, 2.75) is 29.2 Å². The van der Waals surface area contributed by atoms with Crippen LogP contribution in [0.1, 0.15) is 24.6 Å². The Morgan fingerprint density at radius 2 is 1.88 bits per heavy atom. The topological polar surface area (TPSA) is 98.9 Å². The number of halogens is 3. The lowest BCUT2D eigenvalue weighted by Crippen LogP contribution is -2.34. The summed E-state index contributed by atoms with van der Waals surface area (Å²) in [6.45, 7) is 1.20. The number of sulfone groups is 1. The maximum absolute atomic E-state index is 12.6. The number of nitrogens with zero attached hydrogens (tertiary/aromatic N) is 2. The van der Waals surface area contributed by atoms with Crippen molar-refractivity contribution in [1.82, 2.24) is 15.2 Å². The molecular weight excluding hydrogens is 361 g/mol. The van der Waals surface area contributed by atoms with Crippen LogP contribution in [0.25, 0.3) is 0 Å². The number of hydrogen-bond acceptors (Lipinski definition) is 5. The predicted octanol–water partition coefficient (Wildman–Crippen LogP) is 1.78. The molecule has 1 fully saturated rings. The first-order valence-corrected chi connectivity index (χ1v) is 8.98. The molecule has 0 bridgehead atoms. The minimum atomic E-state index is -5.35. The molecule has 0 radical (unpaired) electrons. The molecule has 0 saturated carbocycles. The van der Waals surface area contributed by atoms with Gasteiger partial charge in [0.25, 0.3) is 9.84 Å². The van der Waals surface area contributed by atoms with Gasteiger partial charge in [0.15, 0.2) is 0 Å². The van der Waals surface area contributed by atoms with Gasteiger partial charge in [0.2, 0.25) is 0 Å². The Bertz CT molecular complexity index is 902. The average Bonchev–Trinajstić information content (AvgIpc) is 3.01. The van der Waals surface area contributed by atoms with Crippen LogP contribution in [-0.2, 0) is 9.84 Å². The average molecular weight is 376 g/mol. The van der Waals surface area contributed by atoms with E-state index in [2.05, 4.69) is 15.2 Å². The number of anilines is 1. The molecule has 0 aliphatic carbocycles. The van der Waals surface area contributed by atoms with Crippen LogP contribution in [0.15, 0.2) is 34.0 Å². The van der Waals surface area contributed by atoms with Crippen LogP contribution in [0.5, 0.6) is 0 Å². The monoisotopic (exact) mass is 376 g/mol. The van der Waals surface area contributed by atoms with Crippen molar-refractivity contribution in [3.05, 3.63) is 40.6 Å². The van der Waals surface area contributed by atoms with Gasteiger partial charge in [0.1, 0.15) is 5.82 Å². The van der Waals surface area contributed by atoms with Gasteiger partial charge in [-0.25, -0.2) is 18.3 Å². The van der Waals surface area contributed by atoms with Gasteiger partial charge in [0, 0.05) is 24.7 Å². The Hall–Kier alpha value is -2.30. The van der Waals surface area contributed by atoms with Gasteiger partial charge in [-0.1, -0.05) is 0 Å². The summed E-state index contributed by atoms with van der Waals surface area (Å²) in [4.78, 5) is 14.9. The van der Waals surface area contributed by atoms with Crippen molar-refractivity contribution in [1.29, 1.82) is 0 Å². The third-order valence-electron chi connectivity index (χ3n) is 4.14. The Balaban J connectivity index is 1.79. The zero-order chi connectivity index (χ0) is 18.2. The van der Waals surface area contributed by atoms with Gasteiger partial charge in [-0.15, -0.1) is 0 Å². The molecule has 1 aliphatic heterocycles. The minimum absolute atomic E-state index is 0.0220. The molecule has 1 aromatic carbocycles. The number of aromatic nitrogens is 3. The van der Waals surface area contributed by atoms with Crippen molar-refractivity contribution in [2.24, 2.45) is 0 Å². The van der Waals surface area contributed by atoms with Crippen molar-refractivity contribution < 1.29 is 21.6 Å². The molecule has 25 heavy (non-hydrogen) atoms. The standard InChI is InChI=1S/C14H15F3N4O3S/c15-14(16,17)25(23,24)11-5-3-10(4-6-11)21-7-1-2-9(8-21)12-18-13(22)20-19-12/h3-6,9H,1-2,7-8H2,(H2,18,19,20,22). The van der Waals surface area contributed by atoms with Crippen molar-refractivity contribution in [3.8, 4) is 0 Å². The summed E-state index contributed by atoms with van der Waals surface area (Å²) in [6, 6.07) is 4.62. The molecule has 7 nitrogen and oxygen atoms in total. The van der Waals surface area contributed by atoms with E-state index in [0.717, 1.165) is 25.0 Å². The molecule has 0 amide bonds. The molecular formula is C14H15F3N4O3S. The molecule has 136 valence electrons. The van der Waals surface area contributed by atoms with Gasteiger partial charge < -0.3 is 4.90 Å². The number of rotatable bonds is 3. The maximum Gasteiger partial charge on any atom is 0.501 e. The molecule has 0 spiro atoms. The lowest BCUT2D eigenvalue weighted by Gasteiger charge is -2.33. The molecule has 3 rings (SSSR count). The fourth-order valence-electron chi connectivity index (χ4n) is 2.88. The summed E-state index contributed by atoms with van der Waals surface area (Å²) in [5.41, 5.74) is -5.10. The molecule has 2 N–H and O–H groups in total. The summed E-state index contributed by atoms with van der Waals surface area (Å²) in [5, 5.41) is 6.22. The van der Waals surface area contributed by atoms with Crippen molar-refractivity contribution in [3.63, 3.8) is 0 Å². The molecule has 11 heteroatoms. The highest BCUT2D eigenvalue weighted by Gasteiger charge is 2.46. The number of alkyl halides is 3. The molecule has 2 heterocycles. The summed E-state index contributed by atoms with van der Waals surface area (Å²) < 4.78 is 60.5. The van der Waals surface area contributed by atoms with Gasteiger partial charge in [-0.05, 0) is 37.1 Å². The fourth-order valence-corrected chi connectivity index (χ4v) is 3.64. The van der Waals surface area contributed by atoms with Crippen LogP contribution in [0.4, 0.5) is 18.9 Å². The van der Waals surface area contributed by atoms with Gasteiger partial charge in [0.05, 0.1) is 4.90 Å². The Labute approximate surface area is 140 Å². The highest BCUT2D eigenvalue weighted by molar-refractivity contribution is 7.92.